The fourth-order valence-corrected chi connectivity index (χ4v) is 3.81. The van der Waals surface area contributed by atoms with E-state index in [-0.39, 0.29) is 17.4 Å². The quantitative estimate of drug-likeness (QED) is 0.641. The van der Waals surface area contributed by atoms with Crippen molar-refractivity contribution in [2.75, 3.05) is 25.5 Å². The van der Waals surface area contributed by atoms with Crippen LogP contribution in [0.2, 0.25) is 5.02 Å². The molecule has 148 valence electrons. The molecule has 6 nitrogen and oxygen atoms in total. The molecule has 0 atom stereocenters. The highest BCUT2D eigenvalue weighted by Gasteiger charge is 2.23. The van der Waals surface area contributed by atoms with E-state index in [0.29, 0.717) is 39.1 Å². The number of halogens is 1. The van der Waals surface area contributed by atoms with Gasteiger partial charge in [-0.1, -0.05) is 31.5 Å². The van der Waals surface area contributed by atoms with Crippen LogP contribution < -0.4 is 16.1 Å². The highest BCUT2D eigenvalue weighted by Crippen LogP contribution is 2.35. The second-order valence-corrected chi connectivity index (χ2v) is 8.22. The zero-order chi connectivity index (χ0) is 20.8. The number of benzene rings is 2. The van der Waals surface area contributed by atoms with Crippen LogP contribution in [0.4, 0.5) is 5.69 Å². The standard InChI is InChI=1S/C21H24ClN3O3/c1-21(2,11-23)12-5-6-13-16(9-12)25(10-17(26)27)18-14(20(13)28)7-8-15(22)19(18)24(3)4/h5-9H,10-11,23H2,1-4H3,(H,26,27). The molecule has 0 amide bonds. The zero-order valence-electron chi connectivity index (χ0n) is 16.4. The predicted molar refractivity (Wildman–Crippen MR) is 115 cm³/mol. The third kappa shape index (κ3) is 3.23. The lowest BCUT2D eigenvalue weighted by Crippen LogP contribution is -2.28. The Kier molecular flexibility index (Phi) is 5.12. The minimum atomic E-state index is -1.00. The smallest absolute Gasteiger partial charge is 0.323 e. The minimum absolute atomic E-state index is 0.150. The van der Waals surface area contributed by atoms with Crippen molar-refractivity contribution in [1.82, 2.24) is 4.57 Å². The Labute approximate surface area is 168 Å². The maximum atomic E-state index is 13.2. The number of hydrogen-bond acceptors (Lipinski definition) is 4. The van der Waals surface area contributed by atoms with Crippen molar-refractivity contribution in [2.24, 2.45) is 5.73 Å². The molecule has 0 aliphatic heterocycles. The van der Waals surface area contributed by atoms with Gasteiger partial charge in [0, 0.05) is 36.8 Å². The predicted octanol–water partition coefficient (Wildman–Crippen LogP) is 3.20. The Hall–Kier alpha value is -2.57. The summed E-state index contributed by atoms with van der Waals surface area (Å²) in [5.74, 6) is -1.00. The number of aromatic nitrogens is 1. The molecule has 3 aromatic rings. The SMILES string of the molecule is CN(C)c1c(Cl)ccc2c(=O)c3ccc(C(C)(C)CN)cc3n(CC(=O)O)c12. The van der Waals surface area contributed by atoms with E-state index in [1.807, 2.05) is 40.1 Å². The van der Waals surface area contributed by atoms with Crippen LogP contribution in [0.5, 0.6) is 0 Å². The summed E-state index contributed by atoms with van der Waals surface area (Å²) < 4.78 is 1.66. The van der Waals surface area contributed by atoms with E-state index in [2.05, 4.69) is 0 Å². The van der Waals surface area contributed by atoms with E-state index >= 15 is 0 Å². The van der Waals surface area contributed by atoms with Gasteiger partial charge in [0.1, 0.15) is 6.54 Å². The summed E-state index contributed by atoms with van der Waals surface area (Å²) in [5.41, 5.74) is 8.08. The van der Waals surface area contributed by atoms with E-state index in [1.54, 1.807) is 27.7 Å². The number of pyridine rings is 1. The van der Waals surface area contributed by atoms with E-state index < -0.39 is 5.97 Å². The molecule has 3 rings (SSSR count). The van der Waals surface area contributed by atoms with Gasteiger partial charge >= 0.3 is 5.97 Å². The van der Waals surface area contributed by atoms with Crippen LogP contribution in [0, 0.1) is 0 Å². The third-order valence-corrected chi connectivity index (χ3v) is 5.49. The van der Waals surface area contributed by atoms with Crippen LogP contribution in [-0.2, 0) is 16.8 Å². The molecule has 0 aliphatic rings. The van der Waals surface area contributed by atoms with Gasteiger partial charge in [0.05, 0.1) is 21.7 Å². The normalized spacial score (nSPS) is 11.9. The average Bonchev–Trinajstić information content (AvgIpc) is 2.63. The van der Waals surface area contributed by atoms with E-state index in [1.165, 1.54) is 0 Å². The molecule has 2 aromatic carbocycles. The molecule has 0 unspecified atom stereocenters. The van der Waals surface area contributed by atoms with Crippen LogP contribution in [0.3, 0.4) is 0 Å². The molecule has 0 saturated heterocycles. The van der Waals surface area contributed by atoms with Crippen LogP contribution >= 0.6 is 11.6 Å². The number of nitrogens with two attached hydrogens (primary N) is 1. The van der Waals surface area contributed by atoms with E-state index in [4.69, 9.17) is 17.3 Å². The average molecular weight is 402 g/mol. The van der Waals surface area contributed by atoms with Crippen molar-refractivity contribution in [1.29, 1.82) is 0 Å². The number of rotatable bonds is 5. The molecule has 28 heavy (non-hydrogen) atoms. The zero-order valence-corrected chi connectivity index (χ0v) is 17.2. The summed E-state index contributed by atoms with van der Waals surface area (Å²) >= 11 is 6.42. The van der Waals surface area contributed by atoms with Gasteiger partial charge in [-0.05, 0) is 29.8 Å². The molecule has 3 N–H and O–H groups in total. The first-order valence-corrected chi connectivity index (χ1v) is 9.34. The Morgan fingerprint density at radius 1 is 1.21 bits per heavy atom. The lowest BCUT2D eigenvalue weighted by molar-refractivity contribution is -0.137. The topological polar surface area (TPSA) is 88.6 Å². The fraction of sp³-hybridized carbons (Fsp3) is 0.333. The molecule has 0 fully saturated rings. The molecule has 0 spiro atoms. The highest BCUT2D eigenvalue weighted by atomic mass is 35.5. The number of carboxylic acids is 1. The van der Waals surface area contributed by atoms with Crippen molar-refractivity contribution in [3.05, 3.63) is 51.1 Å². The molecular weight excluding hydrogens is 378 g/mol. The van der Waals surface area contributed by atoms with Gasteiger partial charge in [0.2, 0.25) is 0 Å². The second kappa shape index (κ2) is 7.11. The summed E-state index contributed by atoms with van der Waals surface area (Å²) in [7, 11) is 3.63. The van der Waals surface area contributed by atoms with Gasteiger partial charge in [-0.25, -0.2) is 0 Å². The second-order valence-electron chi connectivity index (χ2n) is 7.82. The highest BCUT2D eigenvalue weighted by molar-refractivity contribution is 6.35. The Morgan fingerprint density at radius 2 is 1.86 bits per heavy atom. The van der Waals surface area contributed by atoms with Gasteiger partial charge in [0.15, 0.2) is 5.43 Å². The molecule has 0 radical (unpaired) electrons. The Morgan fingerprint density at radius 3 is 2.43 bits per heavy atom. The summed E-state index contributed by atoms with van der Waals surface area (Å²) in [6.07, 6.45) is 0. The van der Waals surface area contributed by atoms with Crippen molar-refractivity contribution in [3.8, 4) is 0 Å². The molecule has 1 heterocycles. The van der Waals surface area contributed by atoms with E-state index in [9.17, 15) is 14.7 Å². The summed E-state index contributed by atoms with van der Waals surface area (Å²) in [6, 6.07) is 8.83. The fourth-order valence-electron chi connectivity index (χ4n) is 3.49. The van der Waals surface area contributed by atoms with Gasteiger partial charge in [-0.3, -0.25) is 9.59 Å². The largest absolute Gasteiger partial charge is 0.480 e. The summed E-state index contributed by atoms with van der Waals surface area (Å²) in [6.45, 7) is 4.15. The lowest BCUT2D eigenvalue weighted by Gasteiger charge is -2.25. The Balaban J connectivity index is 2.58. The van der Waals surface area contributed by atoms with Crippen molar-refractivity contribution >= 4 is 45.1 Å². The third-order valence-electron chi connectivity index (χ3n) is 5.18. The summed E-state index contributed by atoms with van der Waals surface area (Å²) in [4.78, 5) is 26.7. The Bertz CT molecular complexity index is 1150. The number of nitrogens with zero attached hydrogens (tertiary/aromatic N) is 2. The monoisotopic (exact) mass is 401 g/mol. The molecule has 1 aromatic heterocycles. The van der Waals surface area contributed by atoms with Crippen LogP contribution in [-0.4, -0.2) is 36.3 Å². The van der Waals surface area contributed by atoms with Crippen molar-refractivity contribution < 1.29 is 9.90 Å². The number of aliphatic carboxylic acids is 1. The number of carbonyl (C=O) groups is 1. The van der Waals surface area contributed by atoms with E-state index in [0.717, 1.165) is 5.56 Å². The lowest BCUT2D eigenvalue weighted by atomic mass is 9.84. The van der Waals surface area contributed by atoms with Crippen molar-refractivity contribution in [3.63, 3.8) is 0 Å². The molecule has 0 bridgehead atoms. The first-order valence-electron chi connectivity index (χ1n) is 8.97. The number of anilines is 1. The molecular formula is C21H24ClN3O3. The number of hydrogen-bond donors (Lipinski definition) is 2. The van der Waals surface area contributed by atoms with Gasteiger partial charge in [-0.15, -0.1) is 0 Å². The van der Waals surface area contributed by atoms with Gasteiger partial charge < -0.3 is 20.3 Å². The molecule has 0 aliphatic carbocycles. The number of fused-ring (bicyclic) bond motifs is 2. The number of carboxylic acid groups (broad SMARTS) is 1. The molecule has 7 heteroatoms. The maximum absolute atomic E-state index is 13.2. The molecule has 0 saturated carbocycles. The summed E-state index contributed by atoms with van der Waals surface area (Å²) in [5, 5.41) is 10.9. The first kappa shape index (κ1) is 20.2. The first-order chi connectivity index (χ1) is 13.1. The van der Waals surface area contributed by atoms with Crippen molar-refractivity contribution in [2.45, 2.75) is 25.8 Å². The minimum Gasteiger partial charge on any atom is -0.480 e. The van der Waals surface area contributed by atoms with Crippen LogP contribution in [0.15, 0.2) is 35.1 Å². The van der Waals surface area contributed by atoms with Gasteiger partial charge in [-0.2, -0.15) is 0 Å². The van der Waals surface area contributed by atoms with Crippen LogP contribution in [0.1, 0.15) is 19.4 Å². The van der Waals surface area contributed by atoms with Gasteiger partial charge in [0.25, 0.3) is 0 Å². The maximum Gasteiger partial charge on any atom is 0.323 e. The van der Waals surface area contributed by atoms with Crippen LogP contribution in [0.25, 0.3) is 21.8 Å².